The minimum absolute atomic E-state index is 0.275. The monoisotopic (exact) mass is 321 g/mol. The fourth-order valence-electron chi connectivity index (χ4n) is 2.93. The number of rotatable bonds is 6. The van der Waals surface area contributed by atoms with Crippen molar-refractivity contribution in [3.05, 3.63) is 18.0 Å². The predicted molar refractivity (Wildman–Crippen MR) is 88.6 cm³/mol. The van der Waals surface area contributed by atoms with Crippen LogP contribution in [0.25, 0.3) is 0 Å². The first-order valence-electron chi connectivity index (χ1n) is 8.53. The maximum atomic E-state index is 5.79. The third-order valence-corrected chi connectivity index (χ3v) is 4.36. The lowest BCUT2D eigenvalue weighted by molar-refractivity contribution is -0.0253. The Morgan fingerprint density at radius 2 is 1.96 bits per heavy atom. The van der Waals surface area contributed by atoms with E-state index in [9.17, 15) is 0 Å². The van der Waals surface area contributed by atoms with Gasteiger partial charge in [-0.05, 0) is 6.54 Å². The number of morpholine rings is 2. The predicted octanol–water partition coefficient (Wildman–Crippen LogP) is 0.124. The van der Waals surface area contributed by atoms with Crippen LogP contribution in [0.4, 0.5) is 5.95 Å². The van der Waals surface area contributed by atoms with E-state index in [0.717, 1.165) is 77.1 Å². The molecule has 0 amide bonds. The third-order valence-electron chi connectivity index (χ3n) is 4.36. The van der Waals surface area contributed by atoms with Gasteiger partial charge < -0.3 is 19.7 Å². The molecule has 1 N–H and O–H groups in total. The van der Waals surface area contributed by atoms with Crippen LogP contribution in [-0.2, 0) is 16.0 Å². The Morgan fingerprint density at radius 3 is 2.70 bits per heavy atom. The summed E-state index contributed by atoms with van der Waals surface area (Å²) in [5.41, 5.74) is 1.10. The van der Waals surface area contributed by atoms with Crippen LogP contribution in [0.2, 0.25) is 0 Å². The summed E-state index contributed by atoms with van der Waals surface area (Å²) in [5.74, 6) is 0.797. The van der Waals surface area contributed by atoms with E-state index < -0.39 is 0 Å². The van der Waals surface area contributed by atoms with Gasteiger partial charge in [0.25, 0.3) is 0 Å². The van der Waals surface area contributed by atoms with Crippen molar-refractivity contribution in [2.45, 2.75) is 19.6 Å². The van der Waals surface area contributed by atoms with Crippen LogP contribution in [0.5, 0.6) is 0 Å². The maximum Gasteiger partial charge on any atom is 0.225 e. The van der Waals surface area contributed by atoms with Gasteiger partial charge in [-0.25, -0.2) is 9.97 Å². The molecular weight excluding hydrogens is 294 g/mol. The second-order valence-corrected chi connectivity index (χ2v) is 6.01. The lowest BCUT2D eigenvalue weighted by Crippen LogP contribution is -2.46. The van der Waals surface area contributed by atoms with E-state index in [1.165, 1.54) is 0 Å². The van der Waals surface area contributed by atoms with E-state index in [1.807, 2.05) is 12.4 Å². The molecule has 2 fully saturated rings. The molecule has 3 heterocycles. The minimum Gasteiger partial charge on any atom is -0.378 e. The smallest absolute Gasteiger partial charge is 0.225 e. The highest BCUT2D eigenvalue weighted by Crippen LogP contribution is 2.09. The van der Waals surface area contributed by atoms with Crippen molar-refractivity contribution < 1.29 is 9.47 Å². The first-order valence-corrected chi connectivity index (χ1v) is 8.53. The van der Waals surface area contributed by atoms with Crippen LogP contribution >= 0.6 is 0 Å². The summed E-state index contributed by atoms with van der Waals surface area (Å²) in [4.78, 5) is 13.5. The number of nitrogens with zero attached hydrogens (tertiary/aromatic N) is 4. The van der Waals surface area contributed by atoms with Gasteiger partial charge in [0, 0.05) is 57.2 Å². The minimum atomic E-state index is 0.275. The van der Waals surface area contributed by atoms with Crippen molar-refractivity contribution in [2.75, 3.05) is 64.0 Å². The van der Waals surface area contributed by atoms with Gasteiger partial charge in [-0.3, -0.25) is 4.90 Å². The van der Waals surface area contributed by atoms with E-state index in [4.69, 9.17) is 9.47 Å². The Morgan fingerprint density at radius 1 is 1.17 bits per heavy atom. The standard InChI is InChI=1S/C16H27N5O2/c1-2-20-3-8-23-15(13-20)12-17-9-14-10-18-16(19-11-14)21-4-6-22-7-5-21/h10-11,15,17H,2-9,12-13H2,1H3/t15-/m1/s1. The highest BCUT2D eigenvalue weighted by atomic mass is 16.5. The first-order chi connectivity index (χ1) is 11.3. The third kappa shape index (κ3) is 4.84. The van der Waals surface area contributed by atoms with E-state index in [2.05, 4.69) is 32.0 Å². The zero-order chi connectivity index (χ0) is 15.9. The molecule has 0 aliphatic carbocycles. The van der Waals surface area contributed by atoms with Crippen molar-refractivity contribution in [3.63, 3.8) is 0 Å². The molecule has 2 aliphatic rings. The number of hydrogen-bond acceptors (Lipinski definition) is 7. The summed E-state index contributed by atoms with van der Waals surface area (Å²) in [6, 6.07) is 0. The zero-order valence-corrected chi connectivity index (χ0v) is 13.9. The summed E-state index contributed by atoms with van der Waals surface area (Å²) >= 11 is 0. The number of nitrogens with one attached hydrogen (secondary N) is 1. The number of likely N-dealkylation sites (N-methyl/N-ethyl adjacent to an activating group) is 1. The van der Waals surface area contributed by atoms with Gasteiger partial charge in [-0.1, -0.05) is 6.92 Å². The Kier molecular flexibility index (Phi) is 6.15. The molecule has 3 rings (SSSR count). The van der Waals surface area contributed by atoms with E-state index in [-0.39, 0.29) is 6.10 Å². The molecule has 7 heteroatoms. The van der Waals surface area contributed by atoms with Gasteiger partial charge in [0.1, 0.15) is 0 Å². The van der Waals surface area contributed by atoms with Crippen molar-refractivity contribution in [1.82, 2.24) is 20.2 Å². The lowest BCUT2D eigenvalue weighted by Gasteiger charge is -2.32. The van der Waals surface area contributed by atoms with Crippen LogP contribution in [0.1, 0.15) is 12.5 Å². The summed E-state index contributed by atoms with van der Waals surface area (Å²) < 4.78 is 11.1. The summed E-state index contributed by atoms with van der Waals surface area (Å²) in [6.45, 7) is 11.1. The number of anilines is 1. The normalized spacial score (nSPS) is 23.2. The SMILES string of the molecule is CCN1CCO[C@H](CNCc2cnc(N3CCOCC3)nc2)C1. The molecule has 0 spiro atoms. The molecule has 0 unspecified atom stereocenters. The molecule has 2 aliphatic heterocycles. The molecule has 0 aromatic carbocycles. The van der Waals surface area contributed by atoms with Crippen molar-refractivity contribution >= 4 is 5.95 Å². The Labute approximate surface area is 138 Å². The van der Waals surface area contributed by atoms with E-state index in [1.54, 1.807) is 0 Å². The topological polar surface area (TPSA) is 62.8 Å². The molecule has 2 saturated heterocycles. The Hall–Kier alpha value is -1.28. The van der Waals surface area contributed by atoms with Crippen molar-refractivity contribution in [1.29, 1.82) is 0 Å². The molecule has 1 aromatic rings. The van der Waals surface area contributed by atoms with Gasteiger partial charge in [-0.2, -0.15) is 0 Å². The summed E-state index contributed by atoms with van der Waals surface area (Å²) in [7, 11) is 0. The quantitative estimate of drug-likeness (QED) is 0.799. The molecule has 1 atom stereocenters. The molecule has 1 aromatic heterocycles. The molecular formula is C16H27N5O2. The molecule has 0 bridgehead atoms. The lowest BCUT2D eigenvalue weighted by atomic mass is 10.2. The largest absolute Gasteiger partial charge is 0.378 e. The second-order valence-electron chi connectivity index (χ2n) is 6.01. The van der Waals surface area contributed by atoms with Gasteiger partial charge in [0.05, 0.1) is 25.9 Å². The van der Waals surface area contributed by atoms with Crippen LogP contribution in [0.15, 0.2) is 12.4 Å². The number of hydrogen-bond donors (Lipinski definition) is 1. The number of ether oxygens (including phenoxy) is 2. The van der Waals surface area contributed by atoms with Crippen LogP contribution in [-0.4, -0.2) is 80.1 Å². The van der Waals surface area contributed by atoms with Gasteiger partial charge in [-0.15, -0.1) is 0 Å². The van der Waals surface area contributed by atoms with E-state index >= 15 is 0 Å². The van der Waals surface area contributed by atoms with Crippen molar-refractivity contribution in [2.24, 2.45) is 0 Å². The van der Waals surface area contributed by atoms with Crippen LogP contribution < -0.4 is 10.2 Å². The fourth-order valence-corrected chi connectivity index (χ4v) is 2.93. The number of aromatic nitrogens is 2. The van der Waals surface area contributed by atoms with Crippen LogP contribution in [0.3, 0.4) is 0 Å². The highest BCUT2D eigenvalue weighted by molar-refractivity contribution is 5.30. The van der Waals surface area contributed by atoms with Gasteiger partial charge >= 0.3 is 0 Å². The molecule has 128 valence electrons. The molecule has 23 heavy (non-hydrogen) atoms. The average Bonchev–Trinajstić information content (AvgIpc) is 2.63. The maximum absolute atomic E-state index is 5.79. The molecule has 0 radical (unpaired) electrons. The van der Waals surface area contributed by atoms with Crippen molar-refractivity contribution in [3.8, 4) is 0 Å². The summed E-state index contributed by atoms with van der Waals surface area (Å²) in [6.07, 6.45) is 4.09. The highest BCUT2D eigenvalue weighted by Gasteiger charge is 2.18. The van der Waals surface area contributed by atoms with Gasteiger partial charge in [0.15, 0.2) is 0 Å². The fraction of sp³-hybridized carbons (Fsp3) is 0.750. The van der Waals surface area contributed by atoms with Crippen LogP contribution in [0, 0.1) is 0 Å². The average molecular weight is 321 g/mol. The second kappa shape index (κ2) is 8.54. The molecule has 7 nitrogen and oxygen atoms in total. The zero-order valence-electron chi connectivity index (χ0n) is 13.9. The Balaban J connectivity index is 1.41. The van der Waals surface area contributed by atoms with E-state index in [0.29, 0.717) is 0 Å². The Bertz CT molecular complexity index is 464. The van der Waals surface area contributed by atoms with Gasteiger partial charge in [0.2, 0.25) is 5.95 Å². The summed E-state index contributed by atoms with van der Waals surface area (Å²) in [5, 5.41) is 3.45. The molecule has 0 saturated carbocycles. The first kappa shape index (κ1) is 16.6.